The Morgan fingerprint density at radius 2 is 1.77 bits per heavy atom. The summed E-state index contributed by atoms with van der Waals surface area (Å²) in [6, 6.07) is 11.6. The van der Waals surface area contributed by atoms with Gasteiger partial charge in [0.15, 0.2) is 6.10 Å². The van der Waals surface area contributed by atoms with Gasteiger partial charge in [0, 0.05) is 19.7 Å². The zero-order chi connectivity index (χ0) is 19.1. The van der Waals surface area contributed by atoms with Crippen LogP contribution in [0.3, 0.4) is 0 Å². The Morgan fingerprint density at radius 3 is 2.42 bits per heavy atom. The summed E-state index contributed by atoms with van der Waals surface area (Å²) in [4.78, 5) is 25.4. The van der Waals surface area contributed by atoms with Gasteiger partial charge >= 0.3 is 5.97 Å². The molecule has 0 heterocycles. The molecule has 2 aromatic rings. The van der Waals surface area contributed by atoms with E-state index in [4.69, 9.17) is 4.74 Å². The van der Waals surface area contributed by atoms with E-state index in [0.717, 1.165) is 6.08 Å². The van der Waals surface area contributed by atoms with Gasteiger partial charge in [0.1, 0.15) is 11.6 Å². The van der Waals surface area contributed by atoms with Gasteiger partial charge < -0.3 is 9.64 Å². The first-order valence-corrected chi connectivity index (χ1v) is 7.99. The van der Waals surface area contributed by atoms with Crippen LogP contribution >= 0.6 is 0 Å². The van der Waals surface area contributed by atoms with E-state index in [1.54, 1.807) is 25.2 Å². The van der Waals surface area contributed by atoms with Crippen molar-refractivity contribution >= 4 is 18.0 Å². The Labute approximate surface area is 150 Å². The number of carbonyl (C=O) groups excluding carboxylic acids is 2. The van der Waals surface area contributed by atoms with Crippen LogP contribution < -0.4 is 0 Å². The molecule has 0 saturated carbocycles. The summed E-state index contributed by atoms with van der Waals surface area (Å²) in [6.45, 7) is 1.65. The highest BCUT2D eigenvalue weighted by Crippen LogP contribution is 2.09. The van der Waals surface area contributed by atoms with Gasteiger partial charge in [-0.05, 0) is 48.4 Å². The maximum atomic E-state index is 13.2. The third-order valence-electron chi connectivity index (χ3n) is 3.59. The van der Waals surface area contributed by atoms with Crippen molar-refractivity contribution in [3.05, 3.63) is 77.4 Å². The molecule has 0 aromatic heterocycles. The fourth-order valence-electron chi connectivity index (χ4n) is 2.34. The molecule has 0 aliphatic heterocycles. The number of rotatable bonds is 6. The van der Waals surface area contributed by atoms with E-state index in [-0.39, 0.29) is 12.4 Å². The average Bonchev–Trinajstić information content (AvgIpc) is 2.59. The van der Waals surface area contributed by atoms with E-state index in [1.165, 1.54) is 48.2 Å². The molecule has 6 heteroatoms. The number of likely N-dealkylation sites (N-methyl/N-ethyl adjacent to an activating group) is 1. The molecule has 1 amide bonds. The number of halogens is 2. The second-order valence-electron chi connectivity index (χ2n) is 5.79. The Balaban J connectivity index is 1.90. The molecule has 0 aliphatic carbocycles. The van der Waals surface area contributed by atoms with Crippen LogP contribution in [0, 0.1) is 11.6 Å². The quantitative estimate of drug-likeness (QED) is 0.585. The van der Waals surface area contributed by atoms with Gasteiger partial charge in [-0.25, -0.2) is 13.6 Å². The van der Waals surface area contributed by atoms with Gasteiger partial charge in [-0.3, -0.25) is 4.79 Å². The van der Waals surface area contributed by atoms with Gasteiger partial charge in [-0.2, -0.15) is 0 Å². The van der Waals surface area contributed by atoms with Crippen molar-refractivity contribution < 1.29 is 23.1 Å². The summed E-state index contributed by atoms with van der Waals surface area (Å²) in [5.74, 6) is -1.93. The molecule has 4 nitrogen and oxygen atoms in total. The van der Waals surface area contributed by atoms with E-state index in [1.807, 2.05) is 0 Å². The molecule has 0 bridgehead atoms. The van der Waals surface area contributed by atoms with E-state index in [2.05, 4.69) is 0 Å². The summed E-state index contributed by atoms with van der Waals surface area (Å²) < 4.78 is 31.3. The summed E-state index contributed by atoms with van der Waals surface area (Å²) in [7, 11) is 1.54. The number of ether oxygens (including phenoxy) is 1. The second-order valence-corrected chi connectivity index (χ2v) is 5.79. The first kappa shape index (κ1) is 19.3. The molecule has 26 heavy (non-hydrogen) atoms. The minimum absolute atomic E-state index is 0.192. The molecule has 2 aromatic carbocycles. The number of benzene rings is 2. The molecule has 0 saturated heterocycles. The summed E-state index contributed by atoms with van der Waals surface area (Å²) in [5.41, 5.74) is 1.13. The molecular weight excluding hydrogens is 340 g/mol. The van der Waals surface area contributed by atoms with Gasteiger partial charge in [0.05, 0.1) is 0 Å². The summed E-state index contributed by atoms with van der Waals surface area (Å²) in [5, 5.41) is 0. The van der Waals surface area contributed by atoms with Crippen LogP contribution in [0.1, 0.15) is 18.1 Å². The predicted molar refractivity (Wildman–Crippen MR) is 93.9 cm³/mol. The Bertz CT molecular complexity index is 820. The molecular formula is C20H19F2NO3. The van der Waals surface area contributed by atoms with Crippen molar-refractivity contribution in [1.82, 2.24) is 4.90 Å². The summed E-state index contributed by atoms with van der Waals surface area (Å²) in [6.07, 6.45) is 1.53. The lowest BCUT2D eigenvalue weighted by atomic mass is 10.2. The maximum absolute atomic E-state index is 13.2. The van der Waals surface area contributed by atoms with Crippen LogP contribution in [-0.4, -0.2) is 29.9 Å². The van der Waals surface area contributed by atoms with Crippen LogP contribution in [0.4, 0.5) is 8.78 Å². The molecule has 0 aliphatic rings. The minimum Gasteiger partial charge on any atom is -0.449 e. The number of hydrogen-bond acceptors (Lipinski definition) is 3. The molecule has 0 spiro atoms. The fourth-order valence-corrected chi connectivity index (χ4v) is 2.34. The molecule has 0 fully saturated rings. The first-order valence-electron chi connectivity index (χ1n) is 7.99. The molecule has 2 rings (SSSR count). The van der Waals surface area contributed by atoms with Gasteiger partial charge in [-0.15, -0.1) is 0 Å². The third kappa shape index (κ3) is 5.81. The molecule has 1 atom stereocenters. The largest absolute Gasteiger partial charge is 0.449 e. The topological polar surface area (TPSA) is 46.6 Å². The highest BCUT2D eigenvalue weighted by Gasteiger charge is 2.20. The van der Waals surface area contributed by atoms with Crippen LogP contribution in [0.25, 0.3) is 6.08 Å². The van der Waals surface area contributed by atoms with Crippen molar-refractivity contribution in [3.8, 4) is 0 Å². The Morgan fingerprint density at radius 1 is 1.12 bits per heavy atom. The summed E-state index contributed by atoms with van der Waals surface area (Å²) >= 11 is 0. The van der Waals surface area contributed by atoms with Gasteiger partial charge in [0.25, 0.3) is 5.91 Å². The normalized spacial score (nSPS) is 12.0. The monoisotopic (exact) mass is 359 g/mol. The van der Waals surface area contributed by atoms with Crippen molar-refractivity contribution in [2.24, 2.45) is 0 Å². The van der Waals surface area contributed by atoms with Crippen molar-refractivity contribution in [3.63, 3.8) is 0 Å². The standard InChI is InChI=1S/C20H19F2NO3/c1-14(20(25)23(2)13-16-6-4-8-18(22)12-16)26-19(24)10-9-15-5-3-7-17(21)11-15/h3-12,14H,13H2,1-2H3/b10-9+. The van der Waals surface area contributed by atoms with E-state index >= 15 is 0 Å². The fraction of sp³-hybridized carbons (Fsp3) is 0.200. The van der Waals surface area contributed by atoms with Crippen LogP contribution in [-0.2, 0) is 20.9 Å². The molecule has 136 valence electrons. The Hall–Kier alpha value is -3.02. The Kier molecular flexibility index (Phi) is 6.60. The number of amides is 1. The van der Waals surface area contributed by atoms with Crippen molar-refractivity contribution in [2.75, 3.05) is 7.05 Å². The highest BCUT2D eigenvalue weighted by atomic mass is 19.1. The molecule has 1 unspecified atom stereocenters. The number of nitrogens with zero attached hydrogens (tertiary/aromatic N) is 1. The SMILES string of the molecule is CC(OC(=O)/C=C/c1cccc(F)c1)C(=O)N(C)Cc1cccc(F)c1. The smallest absolute Gasteiger partial charge is 0.331 e. The highest BCUT2D eigenvalue weighted by molar-refractivity contribution is 5.90. The van der Waals surface area contributed by atoms with E-state index in [9.17, 15) is 18.4 Å². The number of esters is 1. The van der Waals surface area contributed by atoms with Crippen LogP contribution in [0.5, 0.6) is 0 Å². The van der Waals surface area contributed by atoms with Gasteiger partial charge in [0.2, 0.25) is 0 Å². The number of carbonyl (C=O) groups is 2. The minimum atomic E-state index is -1.00. The van der Waals surface area contributed by atoms with Crippen molar-refractivity contribution in [2.45, 2.75) is 19.6 Å². The zero-order valence-electron chi connectivity index (χ0n) is 14.5. The van der Waals surface area contributed by atoms with Gasteiger partial charge in [-0.1, -0.05) is 24.3 Å². The second kappa shape index (κ2) is 8.89. The lowest BCUT2D eigenvalue weighted by Gasteiger charge is -2.21. The van der Waals surface area contributed by atoms with Crippen LogP contribution in [0.2, 0.25) is 0 Å². The zero-order valence-corrected chi connectivity index (χ0v) is 14.5. The lowest BCUT2D eigenvalue weighted by Crippen LogP contribution is -2.36. The van der Waals surface area contributed by atoms with Crippen molar-refractivity contribution in [1.29, 1.82) is 0 Å². The number of hydrogen-bond donors (Lipinski definition) is 0. The molecule has 0 radical (unpaired) electrons. The predicted octanol–water partition coefficient (Wildman–Crippen LogP) is 3.57. The van der Waals surface area contributed by atoms with E-state index < -0.39 is 23.8 Å². The third-order valence-corrected chi connectivity index (χ3v) is 3.59. The maximum Gasteiger partial charge on any atom is 0.331 e. The average molecular weight is 359 g/mol. The van der Waals surface area contributed by atoms with E-state index in [0.29, 0.717) is 11.1 Å². The first-order chi connectivity index (χ1) is 12.3. The lowest BCUT2D eigenvalue weighted by molar-refractivity contribution is -0.154. The molecule has 0 N–H and O–H groups in total. The van der Waals surface area contributed by atoms with Crippen LogP contribution in [0.15, 0.2) is 54.6 Å².